The lowest BCUT2D eigenvalue weighted by Crippen LogP contribution is -2.42. The third kappa shape index (κ3) is 5.67. The van der Waals surface area contributed by atoms with Crippen LogP contribution in [-0.2, 0) is 4.74 Å². The highest BCUT2D eigenvalue weighted by atomic mass is 35.5. The quantitative estimate of drug-likeness (QED) is 0.749. The first-order valence-corrected chi connectivity index (χ1v) is 10.5. The van der Waals surface area contributed by atoms with E-state index < -0.39 is 6.10 Å². The van der Waals surface area contributed by atoms with Crippen molar-refractivity contribution in [3.05, 3.63) is 59.7 Å². The minimum atomic E-state index is -0.529. The fourth-order valence-corrected chi connectivity index (χ4v) is 4.23. The summed E-state index contributed by atoms with van der Waals surface area (Å²) in [6, 6.07) is 16.6. The van der Waals surface area contributed by atoms with Gasteiger partial charge in [-0.2, -0.15) is 0 Å². The second kappa shape index (κ2) is 10.0. The smallest absolute Gasteiger partial charge is 0.127 e. The van der Waals surface area contributed by atoms with E-state index in [1.165, 1.54) is 11.1 Å². The molecule has 1 fully saturated rings. The van der Waals surface area contributed by atoms with Crippen molar-refractivity contribution in [3.8, 4) is 11.5 Å². The van der Waals surface area contributed by atoms with Crippen molar-refractivity contribution in [2.24, 2.45) is 0 Å². The summed E-state index contributed by atoms with van der Waals surface area (Å²) in [4.78, 5) is 2.21. The zero-order valence-electron chi connectivity index (χ0n) is 17.8. The van der Waals surface area contributed by atoms with Gasteiger partial charge in [0, 0.05) is 37.2 Å². The van der Waals surface area contributed by atoms with Crippen LogP contribution in [0.4, 0.5) is 0 Å². The van der Waals surface area contributed by atoms with E-state index in [-0.39, 0.29) is 24.6 Å². The van der Waals surface area contributed by atoms with Crippen molar-refractivity contribution in [3.63, 3.8) is 0 Å². The molecule has 1 N–H and O–H groups in total. The minimum Gasteiger partial charge on any atom is -0.491 e. The SMILES string of the molecule is CC1(C)CC(c2ccccc2)c2ccc(OCC(O)CN3CCOCC3)cc2O1.Cl. The predicted molar refractivity (Wildman–Crippen MR) is 120 cm³/mol. The molecule has 0 radical (unpaired) electrons. The molecule has 4 rings (SSSR count). The van der Waals surface area contributed by atoms with Crippen LogP contribution < -0.4 is 9.47 Å². The molecule has 6 heteroatoms. The maximum absolute atomic E-state index is 10.3. The molecule has 0 amide bonds. The Morgan fingerprint density at radius 1 is 1.13 bits per heavy atom. The number of ether oxygens (including phenoxy) is 3. The van der Waals surface area contributed by atoms with Crippen LogP contribution in [-0.4, -0.2) is 61.2 Å². The van der Waals surface area contributed by atoms with Crippen LogP contribution in [0.1, 0.15) is 37.3 Å². The Bertz CT molecular complexity index is 808. The molecule has 2 unspecified atom stereocenters. The number of halogens is 1. The molecule has 0 aromatic heterocycles. The van der Waals surface area contributed by atoms with Crippen LogP contribution in [0.2, 0.25) is 0 Å². The second-order valence-electron chi connectivity index (χ2n) is 8.61. The summed E-state index contributed by atoms with van der Waals surface area (Å²) in [7, 11) is 0. The van der Waals surface area contributed by atoms with Gasteiger partial charge >= 0.3 is 0 Å². The van der Waals surface area contributed by atoms with Crippen molar-refractivity contribution < 1.29 is 19.3 Å². The number of β-amino-alcohol motifs (C(OH)–C–C–N with tert-alkyl or cyclic N) is 1. The molecule has 0 spiro atoms. The summed E-state index contributed by atoms with van der Waals surface area (Å²) < 4.78 is 17.5. The summed E-state index contributed by atoms with van der Waals surface area (Å²) >= 11 is 0. The van der Waals surface area contributed by atoms with Crippen LogP contribution in [0.15, 0.2) is 48.5 Å². The standard InChI is InChI=1S/C24H31NO4.ClH/c1-24(2)15-22(18-6-4-3-5-7-18)21-9-8-20(14-23(21)29-24)28-17-19(26)16-25-10-12-27-13-11-25;/h3-9,14,19,22,26H,10-13,15-17H2,1-2H3;1H. The number of aliphatic hydroxyl groups excluding tert-OH is 1. The predicted octanol–water partition coefficient (Wildman–Crippen LogP) is 3.87. The fraction of sp³-hybridized carbons (Fsp3) is 0.500. The molecule has 2 heterocycles. The van der Waals surface area contributed by atoms with Gasteiger partial charge in [0.2, 0.25) is 0 Å². The number of aliphatic hydroxyl groups is 1. The van der Waals surface area contributed by atoms with E-state index in [9.17, 15) is 5.11 Å². The van der Waals surface area contributed by atoms with Gasteiger partial charge in [0.05, 0.1) is 13.2 Å². The molecule has 1 saturated heterocycles. The highest BCUT2D eigenvalue weighted by Crippen LogP contribution is 2.45. The van der Waals surface area contributed by atoms with Crippen molar-refractivity contribution >= 4 is 12.4 Å². The zero-order valence-corrected chi connectivity index (χ0v) is 18.6. The van der Waals surface area contributed by atoms with Crippen LogP contribution in [0.3, 0.4) is 0 Å². The van der Waals surface area contributed by atoms with Crippen LogP contribution in [0.5, 0.6) is 11.5 Å². The summed E-state index contributed by atoms with van der Waals surface area (Å²) in [6.45, 7) is 8.31. The van der Waals surface area contributed by atoms with Gasteiger partial charge in [-0.25, -0.2) is 0 Å². The van der Waals surface area contributed by atoms with Gasteiger partial charge in [0.1, 0.15) is 29.8 Å². The summed E-state index contributed by atoms with van der Waals surface area (Å²) in [5.41, 5.74) is 2.25. The summed E-state index contributed by atoms with van der Waals surface area (Å²) in [5.74, 6) is 1.90. The average molecular weight is 434 g/mol. The summed E-state index contributed by atoms with van der Waals surface area (Å²) in [6.07, 6.45) is 0.404. The lowest BCUT2D eigenvalue weighted by molar-refractivity contribution is 0.00455. The molecular weight excluding hydrogens is 402 g/mol. The van der Waals surface area contributed by atoms with Gasteiger partial charge in [-0.15, -0.1) is 12.4 Å². The molecule has 0 saturated carbocycles. The highest BCUT2D eigenvalue weighted by Gasteiger charge is 2.34. The maximum Gasteiger partial charge on any atom is 0.127 e. The lowest BCUT2D eigenvalue weighted by Gasteiger charge is -2.38. The number of hydrogen-bond donors (Lipinski definition) is 1. The molecule has 2 aliphatic heterocycles. The Hall–Kier alpha value is -1.79. The topological polar surface area (TPSA) is 51.2 Å². The Morgan fingerprint density at radius 2 is 1.87 bits per heavy atom. The number of hydrogen-bond acceptors (Lipinski definition) is 5. The van der Waals surface area contributed by atoms with Gasteiger partial charge in [-0.05, 0) is 31.9 Å². The molecule has 30 heavy (non-hydrogen) atoms. The molecule has 5 nitrogen and oxygen atoms in total. The first-order chi connectivity index (χ1) is 14.0. The summed E-state index contributed by atoms with van der Waals surface area (Å²) in [5, 5.41) is 10.3. The van der Waals surface area contributed by atoms with Gasteiger partial charge in [-0.1, -0.05) is 36.4 Å². The van der Waals surface area contributed by atoms with Gasteiger partial charge in [-0.3, -0.25) is 4.90 Å². The number of benzene rings is 2. The van der Waals surface area contributed by atoms with E-state index in [0.717, 1.165) is 44.2 Å². The fourth-order valence-electron chi connectivity index (χ4n) is 4.23. The molecule has 0 bridgehead atoms. The molecule has 2 aromatic rings. The minimum absolute atomic E-state index is 0. The van der Waals surface area contributed by atoms with Crippen LogP contribution in [0, 0.1) is 0 Å². The van der Waals surface area contributed by atoms with E-state index in [1.807, 2.05) is 18.2 Å². The van der Waals surface area contributed by atoms with E-state index in [1.54, 1.807) is 0 Å². The van der Waals surface area contributed by atoms with Crippen LogP contribution >= 0.6 is 12.4 Å². The first kappa shape index (κ1) is 22.9. The number of rotatable bonds is 6. The Kier molecular flexibility index (Phi) is 7.64. The normalized spacial score (nSPS) is 21.6. The second-order valence-corrected chi connectivity index (χ2v) is 8.61. The Balaban J connectivity index is 0.00000256. The van der Waals surface area contributed by atoms with Gasteiger partial charge in [0.25, 0.3) is 0 Å². The molecule has 0 aliphatic carbocycles. The Morgan fingerprint density at radius 3 is 2.60 bits per heavy atom. The highest BCUT2D eigenvalue weighted by molar-refractivity contribution is 5.85. The number of fused-ring (bicyclic) bond motifs is 1. The number of morpholine rings is 1. The molecule has 2 atom stereocenters. The van der Waals surface area contributed by atoms with E-state index in [0.29, 0.717) is 12.5 Å². The van der Waals surface area contributed by atoms with E-state index in [2.05, 4.69) is 49.1 Å². The molecular formula is C24H32ClNO4. The number of nitrogens with zero attached hydrogens (tertiary/aromatic N) is 1. The van der Waals surface area contributed by atoms with E-state index >= 15 is 0 Å². The molecule has 2 aromatic carbocycles. The largest absolute Gasteiger partial charge is 0.491 e. The van der Waals surface area contributed by atoms with Gasteiger partial charge < -0.3 is 19.3 Å². The monoisotopic (exact) mass is 433 g/mol. The lowest BCUT2D eigenvalue weighted by atomic mass is 9.80. The molecule has 2 aliphatic rings. The Labute approximate surface area is 185 Å². The molecule has 164 valence electrons. The third-order valence-corrected chi connectivity index (χ3v) is 5.66. The van der Waals surface area contributed by atoms with Crippen molar-refractivity contribution in [2.45, 2.75) is 37.9 Å². The third-order valence-electron chi connectivity index (χ3n) is 5.66. The van der Waals surface area contributed by atoms with Crippen molar-refractivity contribution in [2.75, 3.05) is 39.5 Å². The van der Waals surface area contributed by atoms with Crippen molar-refractivity contribution in [1.29, 1.82) is 0 Å². The van der Waals surface area contributed by atoms with Crippen LogP contribution in [0.25, 0.3) is 0 Å². The zero-order chi connectivity index (χ0) is 20.3. The van der Waals surface area contributed by atoms with Crippen molar-refractivity contribution in [1.82, 2.24) is 4.90 Å². The van der Waals surface area contributed by atoms with E-state index in [4.69, 9.17) is 14.2 Å². The average Bonchev–Trinajstić information content (AvgIpc) is 2.72. The first-order valence-electron chi connectivity index (χ1n) is 10.5. The maximum atomic E-state index is 10.3. The van der Waals surface area contributed by atoms with Gasteiger partial charge in [0.15, 0.2) is 0 Å².